The zero-order chi connectivity index (χ0) is 16.2. The van der Waals surface area contributed by atoms with Crippen molar-refractivity contribution in [2.24, 2.45) is 0 Å². The van der Waals surface area contributed by atoms with Gasteiger partial charge in [0.1, 0.15) is 12.4 Å². The molecule has 0 saturated carbocycles. The average Bonchev–Trinajstić information content (AvgIpc) is 2.89. The van der Waals surface area contributed by atoms with E-state index in [1.165, 1.54) is 5.56 Å². The fourth-order valence-electron chi connectivity index (χ4n) is 2.43. The highest BCUT2D eigenvalue weighted by atomic mass is 16.5. The predicted octanol–water partition coefficient (Wildman–Crippen LogP) is 1.20. The van der Waals surface area contributed by atoms with Crippen LogP contribution in [0.15, 0.2) is 24.3 Å². The molecule has 0 spiro atoms. The molecule has 0 radical (unpaired) electrons. The number of carbonyl (C=O) groups is 1. The fourth-order valence-corrected chi connectivity index (χ4v) is 2.43. The zero-order valence-electron chi connectivity index (χ0n) is 13.6. The van der Waals surface area contributed by atoms with Crippen LogP contribution in [0, 0.1) is 0 Å². The van der Waals surface area contributed by atoms with Gasteiger partial charge < -0.3 is 20.5 Å². The van der Waals surface area contributed by atoms with Crippen LogP contribution in [-0.4, -0.2) is 42.9 Å². The van der Waals surface area contributed by atoms with Crippen LogP contribution in [0.5, 0.6) is 5.75 Å². The zero-order valence-corrected chi connectivity index (χ0v) is 13.6. The van der Waals surface area contributed by atoms with E-state index in [9.17, 15) is 9.90 Å². The summed E-state index contributed by atoms with van der Waals surface area (Å²) in [4.78, 5) is 11.8. The molecule has 5 heteroatoms. The number of carbonyl (C=O) groups excluding carboxylic acids is 1. The van der Waals surface area contributed by atoms with E-state index >= 15 is 0 Å². The van der Waals surface area contributed by atoms with Crippen molar-refractivity contribution in [3.8, 4) is 5.75 Å². The second-order valence-electron chi connectivity index (χ2n) is 6.76. The number of benzene rings is 1. The summed E-state index contributed by atoms with van der Waals surface area (Å²) in [5.74, 6) is 0.722. The van der Waals surface area contributed by atoms with Gasteiger partial charge in [0.2, 0.25) is 5.91 Å². The van der Waals surface area contributed by atoms with Crippen LogP contribution in [-0.2, 0) is 10.2 Å². The minimum Gasteiger partial charge on any atom is -0.492 e. The maximum atomic E-state index is 11.8. The van der Waals surface area contributed by atoms with Gasteiger partial charge in [-0.25, -0.2) is 0 Å². The smallest absolute Gasteiger partial charge is 0.237 e. The molecule has 0 aromatic heterocycles. The van der Waals surface area contributed by atoms with Gasteiger partial charge in [0.15, 0.2) is 0 Å². The molecule has 1 aliphatic heterocycles. The molecule has 122 valence electrons. The molecule has 0 bridgehead atoms. The maximum Gasteiger partial charge on any atom is 0.237 e. The quantitative estimate of drug-likeness (QED) is 0.715. The minimum atomic E-state index is -0.423. The summed E-state index contributed by atoms with van der Waals surface area (Å²) in [7, 11) is 0. The van der Waals surface area contributed by atoms with Crippen molar-refractivity contribution < 1.29 is 14.6 Å². The molecule has 1 aliphatic rings. The third-order valence-corrected chi connectivity index (χ3v) is 3.81. The molecule has 2 atom stereocenters. The maximum absolute atomic E-state index is 11.8. The van der Waals surface area contributed by atoms with E-state index in [0.29, 0.717) is 26.1 Å². The van der Waals surface area contributed by atoms with Gasteiger partial charge in [-0.1, -0.05) is 32.9 Å². The van der Waals surface area contributed by atoms with Gasteiger partial charge in [-0.05, 0) is 29.5 Å². The average molecular weight is 306 g/mol. The fraction of sp³-hybridized carbons (Fsp3) is 0.588. The molecule has 3 N–H and O–H groups in total. The first kappa shape index (κ1) is 16.8. The highest BCUT2D eigenvalue weighted by Gasteiger charge is 2.27. The molecule has 0 aliphatic carbocycles. The van der Waals surface area contributed by atoms with E-state index in [-0.39, 0.29) is 17.4 Å². The Morgan fingerprint density at radius 3 is 2.59 bits per heavy atom. The van der Waals surface area contributed by atoms with Gasteiger partial charge in [-0.15, -0.1) is 0 Å². The molecule has 5 nitrogen and oxygen atoms in total. The number of amides is 1. The molecular formula is C17H26N2O3. The third kappa shape index (κ3) is 4.71. The van der Waals surface area contributed by atoms with Crippen LogP contribution >= 0.6 is 0 Å². The molecule has 1 saturated heterocycles. The summed E-state index contributed by atoms with van der Waals surface area (Å²) in [5.41, 5.74) is 1.39. The molecule has 2 rings (SSSR count). The topological polar surface area (TPSA) is 70.6 Å². The molecule has 0 unspecified atom stereocenters. The van der Waals surface area contributed by atoms with Gasteiger partial charge in [0.25, 0.3) is 0 Å². The van der Waals surface area contributed by atoms with Crippen LogP contribution in [0.4, 0.5) is 0 Å². The number of aliphatic hydroxyl groups excluding tert-OH is 1. The van der Waals surface area contributed by atoms with E-state index in [1.54, 1.807) is 0 Å². The van der Waals surface area contributed by atoms with Crippen LogP contribution < -0.4 is 15.4 Å². The molecule has 1 amide bonds. The number of hydrogen-bond acceptors (Lipinski definition) is 4. The highest BCUT2D eigenvalue weighted by molar-refractivity contribution is 5.82. The summed E-state index contributed by atoms with van der Waals surface area (Å²) in [6, 6.07) is 7.76. The Hall–Kier alpha value is -1.59. The van der Waals surface area contributed by atoms with Gasteiger partial charge in [-0.3, -0.25) is 4.79 Å². The number of β-amino-alcohol motifs (C(OH)–C–C–N with tert-alkyl or cyclic N) is 1. The summed E-state index contributed by atoms with van der Waals surface area (Å²) in [6.45, 7) is 7.88. The third-order valence-electron chi connectivity index (χ3n) is 3.81. The van der Waals surface area contributed by atoms with E-state index in [1.807, 2.05) is 12.1 Å². The van der Waals surface area contributed by atoms with Crippen molar-refractivity contribution in [3.05, 3.63) is 29.8 Å². The monoisotopic (exact) mass is 306 g/mol. The van der Waals surface area contributed by atoms with Gasteiger partial charge in [0.05, 0.1) is 18.7 Å². The lowest BCUT2D eigenvalue weighted by Gasteiger charge is -2.19. The molecule has 1 fully saturated rings. The van der Waals surface area contributed by atoms with E-state index in [2.05, 4.69) is 43.5 Å². The Labute approximate surface area is 132 Å². The van der Waals surface area contributed by atoms with Gasteiger partial charge in [0, 0.05) is 6.54 Å². The van der Waals surface area contributed by atoms with E-state index < -0.39 is 6.10 Å². The van der Waals surface area contributed by atoms with Crippen molar-refractivity contribution in [2.75, 3.05) is 19.7 Å². The number of aliphatic hydroxyl groups is 1. The summed E-state index contributed by atoms with van der Waals surface area (Å²) >= 11 is 0. The van der Waals surface area contributed by atoms with E-state index in [4.69, 9.17) is 4.74 Å². The van der Waals surface area contributed by atoms with Crippen LogP contribution in [0.2, 0.25) is 0 Å². The standard InChI is InChI=1S/C17H26N2O3/c1-17(2,3)12-4-6-14(7-5-12)22-9-8-18-16(21)15-10-13(20)11-19-15/h4-7,13,15,19-20H,8-11H2,1-3H3,(H,18,21)/t13-,15-/m0/s1. The normalized spacial score (nSPS) is 21.6. The van der Waals surface area contributed by atoms with Crippen LogP contribution in [0.25, 0.3) is 0 Å². The van der Waals surface area contributed by atoms with Crippen molar-refractivity contribution in [1.29, 1.82) is 0 Å². The lowest BCUT2D eigenvalue weighted by atomic mass is 9.87. The van der Waals surface area contributed by atoms with Crippen molar-refractivity contribution in [3.63, 3.8) is 0 Å². The Bertz CT molecular complexity index is 494. The molecular weight excluding hydrogens is 280 g/mol. The summed E-state index contributed by atoms with van der Waals surface area (Å²) in [5, 5.41) is 15.2. The first-order valence-corrected chi connectivity index (χ1v) is 7.79. The Morgan fingerprint density at radius 1 is 1.36 bits per heavy atom. The SMILES string of the molecule is CC(C)(C)c1ccc(OCCNC(=O)[C@@H]2C[C@H](O)CN2)cc1. The van der Waals surface area contributed by atoms with Crippen molar-refractivity contribution >= 4 is 5.91 Å². The number of nitrogens with one attached hydrogen (secondary N) is 2. The van der Waals surface area contributed by atoms with Crippen molar-refractivity contribution in [2.45, 2.75) is 44.8 Å². The lowest BCUT2D eigenvalue weighted by molar-refractivity contribution is -0.123. The minimum absolute atomic E-state index is 0.0803. The van der Waals surface area contributed by atoms with Gasteiger partial charge >= 0.3 is 0 Å². The largest absolute Gasteiger partial charge is 0.492 e. The number of ether oxygens (including phenoxy) is 1. The molecule has 1 aromatic rings. The Balaban J connectivity index is 1.69. The number of hydrogen-bond donors (Lipinski definition) is 3. The molecule has 1 aromatic carbocycles. The van der Waals surface area contributed by atoms with Crippen LogP contribution in [0.3, 0.4) is 0 Å². The summed E-state index contributed by atoms with van der Waals surface area (Å²) in [6.07, 6.45) is 0.0503. The highest BCUT2D eigenvalue weighted by Crippen LogP contribution is 2.24. The van der Waals surface area contributed by atoms with E-state index in [0.717, 1.165) is 5.75 Å². The Kier molecular flexibility index (Phi) is 5.42. The number of rotatable bonds is 5. The second-order valence-corrected chi connectivity index (χ2v) is 6.76. The Morgan fingerprint density at radius 2 is 2.05 bits per heavy atom. The van der Waals surface area contributed by atoms with Crippen LogP contribution in [0.1, 0.15) is 32.8 Å². The van der Waals surface area contributed by atoms with Crippen molar-refractivity contribution in [1.82, 2.24) is 10.6 Å². The van der Waals surface area contributed by atoms with Gasteiger partial charge in [-0.2, -0.15) is 0 Å². The lowest BCUT2D eigenvalue weighted by Crippen LogP contribution is -2.41. The summed E-state index contributed by atoms with van der Waals surface area (Å²) < 4.78 is 5.62. The predicted molar refractivity (Wildman–Crippen MR) is 86.1 cm³/mol. The first-order chi connectivity index (χ1) is 10.4. The first-order valence-electron chi connectivity index (χ1n) is 7.79. The molecule has 22 heavy (non-hydrogen) atoms. The molecule has 1 heterocycles. The second kappa shape index (κ2) is 7.11.